The Hall–Kier alpha value is -3.03. The third-order valence-electron chi connectivity index (χ3n) is 6.61. The van der Waals surface area contributed by atoms with E-state index in [0.29, 0.717) is 12.1 Å². The van der Waals surface area contributed by atoms with Crippen molar-refractivity contribution in [2.75, 3.05) is 31.1 Å². The Labute approximate surface area is 186 Å². The van der Waals surface area contributed by atoms with E-state index in [9.17, 15) is 18.4 Å². The molecule has 1 unspecified atom stereocenters. The number of halogens is 2. The topological polar surface area (TPSA) is 65.5 Å². The number of nitrogens with zero attached hydrogens (tertiary/aromatic N) is 3. The summed E-state index contributed by atoms with van der Waals surface area (Å²) >= 11 is 0. The summed E-state index contributed by atoms with van der Waals surface area (Å²) in [6.07, 6.45) is 3.43. The van der Waals surface area contributed by atoms with Gasteiger partial charge < -0.3 is 15.1 Å². The number of pyridine rings is 1. The minimum Gasteiger partial charge on any atom is -0.370 e. The quantitative estimate of drug-likeness (QED) is 0.765. The van der Waals surface area contributed by atoms with Gasteiger partial charge in [0.2, 0.25) is 5.91 Å². The molecule has 2 aliphatic heterocycles. The fourth-order valence-electron chi connectivity index (χ4n) is 4.94. The fraction of sp³-hybridized carbons (Fsp3) is 0.458. The highest BCUT2D eigenvalue weighted by Crippen LogP contribution is 2.39. The minimum atomic E-state index is -2.57. The number of anilines is 1. The Morgan fingerprint density at radius 2 is 1.75 bits per heavy atom. The van der Waals surface area contributed by atoms with E-state index in [1.807, 2.05) is 11.0 Å². The van der Waals surface area contributed by atoms with Gasteiger partial charge in [-0.15, -0.1) is 0 Å². The molecule has 0 radical (unpaired) electrons. The summed E-state index contributed by atoms with van der Waals surface area (Å²) in [5.41, 5.74) is 0.940. The van der Waals surface area contributed by atoms with Crippen molar-refractivity contribution in [3.05, 3.63) is 59.9 Å². The highest BCUT2D eigenvalue weighted by atomic mass is 19.3. The maximum atomic E-state index is 13.0. The number of carbonyl (C=O) groups is 2. The number of benzene rings is 1. The summed E-state index contributed by atoms with van der Waals surface area (Å²) in [4.78, 5) is 33.4. The highest BCUT2D eigenvalue weighted by molar-refractivity contribution is 5.96. The van der Waals surface area contributed by atoms with Crippen molar-refractivity contribution in [2.24, 2.45) is 0 Å². The van der Waals surface area contributed by atoms with Crippen LogP contribution in [0.25, 0.3) is 0 Å². The average molecular weight is 443 g/mol. The van der Waals surface area contributed by atoms with E-state index < -0.39 is 6.43 Å². The molecule has 6 nitrogen and oxygen atoms in total. The summed E-state index contributed by atoms with van der Waals surface area (Å²) < 4.78 is 25.6. The Balaban J connectivity index is 1.38. The molecule has 32 heavy (non-hydrogen) atoms. The van der Waals surface area contributed by atoms with Crippen molar-refractivity contribution in [2.45, 2.75) is 44.1 Å². The van der Waals surface area contributed by atoms with Gasteiger partial charge in [0.15, 0.2) is 0 Å². The predicted molar refractivity (Wildman–Crippen MR) is 118 cm³/mol. The highest BCUT2D eigenvalue weighted by Gasteiger charge is 2.44. The number of alkyl halides is 2. The van der Waals surface area contributed by atoms with Crippen LogP contribution in [-0.2, 0) is 4.79 Å². The van der Waals surface area contributed by atoms with Gasteiger partial charge in [0, 0.05) is 30.7 Å². The van der Waals surface area contributed by atoms with Gasteiger partial charge in [-0.25, -0.2) is 8.78 Å². The lowest BCUT2D eigenvalue weighted by Gasteiger charge is -2.38. The molecule has 4 rings (SSSR count). The summed E-state index contributed by atoms with van der Waals surface area (Å²) in [5, 5.41) is 2.75. The number of likely N-dealkylation sites (tertiary alicyclic amines) is 1. The molecule has 2 fully saturated rings. The lowest BCUT2D eigenvalue weighted by Crippen LogP contribution is -2.51. The zero-order valence-corrected chi connectivity index (χ0v) is 18.0. The van der Waals surface area contributed by atoms with Crippen LogP contribution in [0.3, 0.4) is 0 Å². The van der Waals surface area contributed by atoms with Gasteiger partial charge >= 0.3 is 0 Å². The molecule has 0 bridgehead atoms. The third-order valence-corrected chi connectivity index (χ3v) is 6.61. The molecule has 2 aliphatic rings. The molecule has 1 spiro atoms. The monoisotopic (exact) mass is 442 g/mol. The number of aromatic nitrogens is 1. The Kier molecular flexibility index (Phi) is 6.67. The van der Waals surface area contributed by atoms with Crippen LogP contribution in [0.5, 0.6) is 0 Å². The second kappa shape index (κ2) is 9.63. The molecule has 2 aromatic rings. The van der Waals surface area contributed by atoms with Crippen LogP contribution in [0.4, 0.5) is 14.5 Å². The largest absolute Gasteiger partial charge is 0.370 e. The summed E-state index contributed by atoms with van der Waals surface area (Å²) in [7, 11) is 0. The first kappa shape index (κ1) is 22.2. The molecule has 0 saturated carbocycles. The molecule has 0 aliphatic carbocycles. The van der Waals surface area contributed by atoms with Crippen LogP contribution in [0, 0.1) is 0 Å². The molecular weight excluding hydrogens is 414 g/mol. The number of rotatable bonds is 5. The van der Waals surface area contributed by atoms with Gasteiger partial charge in [-0.2, -0.15) is 0 Å². The predicted octanol–water partition coefficient (Wildman–Crippen LogP) is 3.80. The summed E-state index contributed by atoms with van der Waals surface area (Å²) in [5.74, 6) is -0.304. The molecule has 3 heterocycles. The van der Waals surface area contributed by atoms with E-state index in [1.165, 1.54) is 12.3 Å². The van der Waals surface area contributed by atoms with E-state index in [1.54, 1.807) is 30.3 Å². The van der Waals surface area contributed by atoms with Crippen LogP contribution >= 0.6 is 0 Å². The van der Waals surface area contributed by atoms with Gasteiger partial charge in [0.25, 0.3) is 12.3 Å². The Morgan fingerprint density at radius 3 is 2.44 bits per heavy atom. The van der Waals surface area contributed by atoms with Crippen LogP contribution in [0.1, 0.15) is 54.6 Å². The van der Waals surface area contributed by atoms with E-state index in [2.05, 4.69) is 15.2 Å². The van der Waals surface area contributed by atoms with Crippen LogP contribution in [-0.4, -0.2) is 53.4 Å². The number of hydrogen-bond donors (Lipinski definition) is 1. The van der Waals surface area contributed by atoms with Crippen molar-refractivity contribution in [1.82, 2.24) is 15.2 Å². The molecule has 8 heteroatoms. The van der Waals surface area contributed by atoms with Gasteiger partial charge in [0.1, 0.15) is 5.69 Å². The minimum absolute atomic E-state index is 0.0157. The first-order chi connectivity index (χ1) is 15.5. The lowest BCUT2D eigenvalue weighted by atomic mass is 9.87. The number of amides is 2. The smallest absolute Gasteiger partial charge is 0.280 e. The number of nitrogens with one attached hydrogen (secondary N) is 1. The van der Waals surface area contributed by atoms with Crippen molar-refractivity contribution < 1.29 is 18.4 Å². The van der Waals surface area contributed by atoms with Crippen LogP contribution in [0.2, 0.25) is 0 Å². The van der Waals surface area contributed by atoms with E-state index >= 15 is 0 Å². The first-order valence-corrected chi connectivity index (χ1v) is 11.1. The first-order valence-electron chi connectivity index (χ1n) is 11.1. The van der Waals surface area contributed by atoms with Crippen molar-refractivity contribution >= 4 is 17.5 Å². The average Bonchev–Trinajstić information content (AvgIpc) is 3.11. The van der Waals surface area contributed by atoms with Gasteiger partial charge in [-0.05, 0) is 56.4 Å². The van der Waals surface area contributed by atoms with Gasteiger partial charge in [0.05, 0.1) is 18.4 Å². The van der Waals surface area contributed by atoms with Crippen LogP contribution in [0.15, 0.2) is 48.7 Å². The van der Waals surface area contributed by atoms with Gasteiger partial charge in [-0.1, -0.05) is 18.2 Å². The van der Waals surface area contributed by atoms with Gasteiger partial charge in [-0.3, -0.25) is 14.6 Å². The lowest BCUT2D eigenvalue weighted by molar-refractivity contribution is -0.134. The maximum Gasteiger partial charge on any atom is 0.280 e. The molecule has 2 saturated heterocycles. The van der Waals surface area contributed by atoms with Crippen molar-refractivity contribution in [3.8, 4) is 0 Å². The Bertz CT molecular complexity index is 939. The summed E-state index contributed by atoms with van der Waals surface area (Å²) in [6, 6.07) is 11.9. The zero-order valence-electron chi connectivity index (χ0n) is 18.0. The van der Waals surface area contributed by atoms with Crippen molar-refractivity contribution in [3.63, 3.8) is 0 Å². The summed E-state index contributed by atoms with van der Waals surface area (Å²) in [6.45, 7) is 2.21. The Morgan fingerprint density at radius 1 is 1.00 bits per heavy atom. The fourth-order valence-corrected chi connectivity index (χ4v) is 4.94. The number of carbonyl (C=O) groups excluding carboxylic acids is 2. The second-order valence-electron chi connectivity index (χ2n) is 8.50. The molecule has 1 aromatic heterocycles. The molecular formula is C24H28F2N4O2. The third kappa shape index (κ3) is 4.74. The SMILES string of the molecule is O=C(NCC(=O)N1CCCC12CCCN(c1ccc(C(F)F)nc1)CC2)c1ccccc1. The molecule has 1 aromatic carbocycles. The normalized spacial score (nSPS) is 21.1. The van der Waals surface area contributed by atoms with Crippen LogP contribution < -0.4 is 10.2 Å². The van der Waals surface area contributed by atoms with E-state index in [0.717, 1.165) is 50.9 Å². The molecule has 1 N–H and O–H groups in total. The van der Waals surface area contributed by atoms with E-state index in [-0.39, 0.29) is 29.6 Å². The van der Waals surface area contributed by atoms with Crippen molar-refractivity contribution in [1.29, 1.82) is 0 Å². The molecule has 170 valence electrons. The molecule has 2 amide bonds. The zero-order chi connectivity index (χ0) is 22.6. The standard InChI is InChI=1S/C24H28F2N4O2/c25-22(26)20-9-8-19(16-27-20)29-13-4-10-24(12-15-29)11-5-14-30(24)21(31)17-28-23(32)18-6-2-1-3-7-18/h1-3,6-9,16,22H,4-5,10-15,17H2,(H,28,32). The number of hydrogen-bond acceptors (Lipinski definition) is 4. The van der Waals surface area contributed by atoms with E-state index in [4.69, 9.17) is 0 Å². The second-order valence-corrected chi connectivity index (χ2v) is 8.50. The maximum absolute atomic E-state index is 13.0. The molecule has 1 atom stereocenters.